The number of rotatable bonds is 6. The molecule has 20 heavy (non-hydrogen) atoms. The third-order valence-corrected chi connectivity index (χ3v) is 2.70. The molecule has 0 saturated carbocycles. The van der Waals surface area contributed by atoms with Crippen LogP contribution in [0.3, 0.4) is 0 Å². The molecule has 1 aromatic heterocycles. The van der Waals surface area contributed by atoms with Crippen LogP contribution in [0.25, 0.3) is 0 Å². The number of furan rings is 1. The molecule has 8 heteroatoms. The molecule has 0 aliphatic carbocycles. The topological polar surface area (TPSA) is 120 Å². The first-order valence-electron chi connectivity index (χ1n) is 5.80. The first-order chi connectivity index (χ1) is 9.31. The molecule has 2 amide bonds. The first kappa shape index (κ1) is 15.5. The number of aryl methyl sites for hydroxylation is 1. The van der Waals surface area contributed by atoms with E-state index < -0.39 is 30.4 Å². The minimum absolute atomic E-state index is 0.230. The number of nitrogens with one attached hydrogen (secondary N) is 1. The minimum Gasteiger partial charge on any atom is -0.481 e. The van der Waals surface area contributed by atoms with E-state index >= 15 is 0 Å². The van der Waals surface area contributed by atoms with E-state index in [2.05, 4.69) is 5.32 Å². The van der Waals surface area contributed by atoms with Crippen molar-refractivity contribution in [2.75, 3.05) is 7.05 Å². The summed E-state index contributed by atoms with van der Waals surface area (Å²) in [6.45, 7) is 1.97. The Balaban J connectivity index is 2.62. The molecule has 0 bridgehead atoms. The second-order valence-electron chi connectivity index (χ2n) is 4.30. The number of carboxylic acids is 2. The van der Waals surface area contributed by atoms with E-state index in [-0.39, 0.29) is 6.54 Å². The summed E-state index contributed by atoms with van der Waals surface area (Å²) in [5.41, 5.74) is 0.785. The van der Waals surface area contributed by atoms with Crippen molar-refractivity contribution in [1.82, 2.24) is 10.2 Å². The molecule has 1 aromatic rings. The van der Waals surface area contributed by atoms with Crippen LogP contribution in [-0.4, -0.2) is 46.2 Å². The van der Waals surface area contributed by atoms with E-state index in [9.17, 15) is 14.4 Å². The van der Waals surface area contributed by atoms with Gasteiger partial charge in [0.15, 0.2) is 0 Å². The number of carbonyl (C=O) groups excluding carboxylic acids is 1. The lowest BCUT2D eigenvalue weighted by Gasteiger charge is -2.20. The minimum atomic E-state index is -1.46. The van der Waals surface area contributed by atoms with Gasteiger partial charge in [0.25, 0.3) is 0 Å². The Labute approximate surface area is 115 Å². The lowest BCUT2D eigenvalue weighted by atomic mass is 10.2. The molecule has 0 aromatic carbocycles. The van der Waals surface area contributed by atoms with E-state index in [1.165, 1.54) is 18.2 Å². The third kappa shape index (κ3) is 4.30. The summed E-state index contributed by atoms with van der Waals surface area (Å²) in [5.74, 6) is -2.04. The van der Waals surface area contributed by atoms with Gasteiger partial charge in [0.2, 0.25) is 0 Å². The first-order valence-corrected chi connectivity index (χ1v) is 5.80. The molecule has 1 rings (SSSR count). The molecule has 0 radical (unpaired) electrons. The summed E-state index contributed by atoms with van der Waals surface area (Å²) in [6, 6.07) is -0.433. The summed E-state index contributed by atoms with van der Waals surface area (Å²) in [5, 5.41) is 19.6. The van der Waals surface area contributed by atoms with Crippen molar-refractivity contribution in [3.8, 4) is 0 Å². The van der Waals surface area contributed by atoms with Gasteiger partial charge >= 0.3 is 18.0 Å². The van der Waals surface area contributed by atoms with Gasteiger partial charge in [-0.1, -0.05) is 0 Å². The fourth-order valence-corrected chi connectivity index (χ4v) is 1.54. The molecular formula is C12H16N2O6. The van der Waals surface area contributed by atoms with Crippen LogP contribution >= 0.6 is 0 Å². The van der Waals surface area contributed by atoms with Gasteiger partial charge in [-0.2, -0.15) is 0 Å². The van der Waals surface area contributed by atoms with Crippen LogP contribution in [0.4, 0.5) is 4.79 Å². The third-order valence-electron chi connectivity index (χ3n) is 2.70. The zero-order valence-electron chi connectivity index (χ0n) is 11.1. The number of hydrogen-bond donors (Lipinski definition) is 3. The van der Waals surface area contributed by atoms with Gasteiger partial charge in [-0.3, -0.25) is 4.79 Å². The van der Waals surface area contributed by atoms with Gasteiger partial charge in [0.05, 0.1) is 19.2 Å². The zero-order chi connectivity index (χ0) is 15.3. The molecule has 110 valence electrons. The van der Waals surface area contributed by atoms with Gasteiger partial charge in [-0.25, -0.2) is 9.59 Å². The molecule has 0 aliphatic heterocycles. The number of carbonyl (C=O) groups is 3. The van der Waals surface area contributed by atoms with Crippen LogP contribution in [0.5, 0.6) is 0 Å². The van der Waals surface area contributed by atoms with Gasteiger partial charge in [-0.15, -0.1) is 0 Å². The fraction of sp³-hybridized carbons (Fsp3) is 0.417. The second kappa shape index (κ2) is 6.60. The molecule has 0 unspecified atom stereocenters. The highest BCUT2D eigenvalue weighted by molar-refractivity contribution is 5.86. The quantitative estimate of drug-likeness (QED) is 0.705. The Morgan fingerprint density at radius 1 is 1.40 bits per heavy atom. The summed E-state index contributed by atoms with van der Waals surface area (Å²) >= 11 is 0. The Kier molecular flexibility index (Phi) is 5.13. The number of aliphatic carboxylic acids is 2. The standard InChI is InChI=1S/C12H16N2O6/c1-7-8(3-4-20-7)6-14(2)12(19)13-9(11(17)18)5-10(15)16/h3-4,9H,5-6H2,1-2H3,(H,13,19)(H,15,16)(H,17,18)/t9-/m0/s1. The predicted octanol–water partition coefficient (Wildman–Crippen LogP) is 0.657. The molecule has 0 fully saturated rings. The van der Waals surface area contributed by atoms with Gasteiger partial charge in [0, 0.05) is 12.6 Å². The maximum absolute atomic E-state index is 11.8. The summed E-state index contributed by atoms with van der Waals surface area (Å²) < 4.78 is 5.09. The summed E-state index contributed by atoms with van der Waals surface area (Å²) in [4.78, 5) is 34.4. The highest BCUT2D eigenvalue weighted by Gasteiger charge is 2.24. The van der Waals surface area contributed by atoms with Crippen LogP contribution in [0.1, 0.15) is 17.7 Å². The van der Waals surface area contributed by atoms with E-state index in [0.717, 1.165) is 5.56 Å². The number of hydrogen-bond acceptors (Lipinski definition) is 4. The van der Waals surface area contributed by atoms with Crippen molar-refractivity contribution in [1.29, 1.82) is 0 Å². The number of urea groups is 1. The molecule has 0 saturated heterocycles. The maximum atomic E-state index is 11.8. The predicted molar refractivity (Wildman–Crippen MR) is 67.1 cm³/mol. The average Bonchev–Trinajstić information content (AvgIpc) is 2.73. The largest absolute Gasteiger partial charge is 0.481 e. The lowest BCUT2D eigenvalue weighted by Crippen LogP contribution is -2.47. The zero-order valence-corrected chi connectivity index (χ0v) is 11.1. The molecule has 8 nitrogen and oxygen atoms in total. The number of amides is 2. The van der Waals surface area contributed by atoms with Crippen molar-refractivity contribution < 1.29 is 29.0 Å². The van der Waals surface area contributed by atoms with Gasteiger partial charge in [0.1, 0.15) is 11.8 Å². The molecule has 1 heterocycles. The number of nitrogens with zero attached hydrogens (tertiary/aromatic N) is 1. The SMILES string of the molecule is Cc1occc1CN(C)C(=O)N[C@@H](CC(=O)O)C(=O)O. The highest BCUT2D eigenvalue weighted by atomic mass is 16.4. The van der Waals surface area contributed by atoms with E-state index in [1.807, 2.05) is 0 Å². The Bertz CT molecular complexity index is 510. The average molecular weight is 284 g/mol. The van der Waals surface area contributed by atoms with Crippen molar-refractivity contribution in [2.45, 2.75) is 25.9 Å². The Morgan fingerprint density at radius 2 is 2.05 bits per heavy atom. The van der Waals surface area contributed by atoms with Gasteiger partial charge in [-0.05, 0) is 13.0 Å². The van der Waals surface area contributed by atoms with Crippen molar-refractivity contribution in [3.63, 3.8) is 0 Å². The van der Waals surface area contributed by atoms with Gasteiger partial charge < -0.3 is 24.8 Å². The van der Waals surface area contributed by atoms with Crippen molar-refractivity contribution in [3.05, 3.63) is 23.7 Å². The van der Waals surface area contributed by atoms with E-state index in [1.54, 1.807) is 13.0 Å². The second-order valence-corrected chi connectivity index (χ2v) is 4.30. The fourth-order valence-electron chi connectivity index (χ4n) is 1.54. The molecule has 1 atom stereocenters. The summed E-state index contributed by atoms with van der Waals surface area (Å²) in [6.07, 6.45) is 0.806. The van der Waals surface area contributed by atoms with Crippen LogP contribution in [0, 0.1) is 6.92 Å². The molecule has 0 spiro atoms. The van der Waals surface area contributed by atoms with E-state index in [4.69, 9.17) is 14.6 Å². The smallest absolute Gasteiger partial charge is 0.326 e. The van der Waals surface area contributed by atoms with Crippen LogP contribution in [0.2, 0.25) is 0 Å². The summed E-state index contributed by atoms with van der Waals surface area (Å²) in [7, 11) is 1.47. The Morgan fingerprint density at radius 3 is 2.50 bits per heavy atom. The monoisotopic (exact) mass is 284 g/mol. The molecule has 0 aliphatic rings. The van der Waals surface area contributed by atoms with Crippen molar-refractivity contribution >= 4 is 18.0 Å². The van der Waals surface area contributed by atoms with Crippen LogP contribution in [-0.2, 0) is 16.1 Å². The lowest BCUT2D eigenvalue weighted by molar-refractivity contribution is -0.145. The van der Waals surface area contributed by atoms with E-state index in [0.29, 0.717) is 5.76 Å². The van der Waals surface area contributed by atoms with Crippen molar-refractivity contribution in [2.24, 2.45) is 0 Å². The highest BCUT2D eigenvalue weighted by Crippen LogP contribution is 2.11. The normalized spacial score (nSPS) is 11.7. The van der Waals surface area contributed by atoms with Crippen LogP contribution < -0.4 is 5.32 Å². The van der Waals surface area contributed by atoms with Crippen LogP contribution in [0.15, 0.2) is 16.7 Å². The number of carboxylic acid groups (broad SMARTS) is 2. The molecule has 3 N–H and O–H groups in total. The maximum Gasteiger partial charge on any atom is 0.326 e. The Hall–Kier alpha value is -2.51. The molecular weight excluding hydrogens is 268 g/mol.